The number of hydrazine groups is 1. The SMILES string of the molecule is CC(=O)NN(C)c1ccc([N+](=O)[O-])cc1. The number of anilines is 1. The Kier molecular flexibility index (Phi) is 3.22. The monoisotopic (exact) mass is 209 g/mol. The maximum absolute atomic E-state index is 10.7. The van der Waals surface area contributed by atoms with Crippen molar-refractivity contribution < 1.29 is 9.72 Å². The minimum Gasteiger partial charge on any atom is -0.289 e. The summed E-state index contributed by atoms with van der Waals surface area (Å²) in [6.45, 7) is 1.39. The minimum atomic E-state index is -0.470. The number of nitrogens with one attached hydrogen (secondary N) is 1. The summed E-state index contributed by atoms with van der Waals surface area (Å²) in [5.41, 5.74) is 3.23. The molecule has 0 atom stereocenters. The molecule has 1 N–H and O–H groups in total. The van der Waals surface area contributed by atoms with Gasteiger partial charge < -0.3 is 0 Å². The lowest BCUT2D eigenvalue weighted by Crippen LogP contribution is -2.37. The molecule has 1 aromatic rings. The fraction of sp³-hybridized carbons (Fsp3) is 0.222. The van der Waals surface area contributed by atoms with Crippen LogP contribution in [0.1, 0.15) is 6.92 Å². The van der Waals surface area contributed by atoms with Crippen LogP contribution in [0.5, 0.6) is 0 Å². The van der Waals surface area contributed by atoms with E-state index >= 15 is 0 Å². The third-order valence-electron chi connectivity index (χ3n) is 1.77. The topological polar surface area (TPSA) is 75.5 Å². The molecule has 6 heteroatoms. The standard InChI is InChI=1S/C9H11N3O3/c1-7(13)10-11(2)8-3-5-9(6-4-8)12(14)15/h3-6H,1-2H3,(H,10,13). The smallest absolute Gasteiger partial charge is 0.269 e. The molecule has 0 aliphatic heterocycles. The number of nitrogens with zero attached hydrogens (tertiary/aromatic N) is 2. The molecule has 0 heterocycles. The molecule has 0 bridgehead atoms. The van der Waals surface area contributed by atoms with E-state index in [1.165, 1.54) is 24.1 Å². The number of hydrogen-bond donors (Lipinski definition) is 1. The average Bonchev–Trinajstić information content (AvgIpc) is 2.17. The Labute approximate surface area is 86.6 Å². The highest BCUT2D eigenvalue weighted by atomic mass is 16.6. The van der Waals surface area contributed by atoms with Crippen molar-refractivity contribution in [2.75, 3.05) is 12.1 Å². The molecule has 1 rings (SSSR count). The Morgan fingerprint density at radius 3 is 2.33 bits per heavy atom. The van der Waals surface area contributed by atoms with Crippen molar-refractivity contribution in [3.05, 3.63) is 34.4 Å². The molecular formula is C9H11N3O3. The first kappa shape index (κ1) is 11.0. The first-order chi connectivity index (χ1) is 7.00. The molecule has 1 amide bonds. The number of rotatable bonds is 3. The molecule has 0 radical (unpaired) electrons. The molecule has 80 valence electrons. The van der Waals surface area contributed by atoms with Crippen LogP contribution in [0.2, 0.25) is 0 Å². The minimum absolute atomic E-state index is 0.0231. The third kappa shape index (κ3) is 2.94. The summed E-state index contributed by atoms with van der Waals surface area (Å²) in [5.74, 6) is -0.198. The molecular weight excluding hydrogens is 198 g/mol. The molecule has 0 saturated heterocycles. The van der Waals surface area contributed by atoms with Gasteiger partial charge in [0.25, 0.3) is 5.69 Å². The van der Waals surface area contributed by atoms with Crippen molar-refractivity contribution in [3.63, 3.8) is 0 Å². The summed E-state index contributed by atoms with van der Waals surface area (Å²) < 4.78 is 0. The number of nitro groups is 1. The highest BCUT2D eigenvalue weighted by Crippen LogP contribution is 2.16. The zero-order valence-electron chi connectivity index (χ0n) is 8.43. The lowest BCUT2D eigenvalue weighted by Gasteiger charge is -2.18. The number of carbonyl (C=O) groups is 1. The van der Waals surface area contributed by atoms with E-state index in [-0.39, 0.29) is 11.6 Å². The second-order valence-electron chi connectivity index (χ2n) is 3.00. The Morgan fingerprint density at radius 1 is 1.40 bits per heavy atom. The fourth-order valence-corrected chi connectivity index (χ4v) is 1.10. The van der Waals surface area contributed by atoms with E-state index in [0.29, 0.717) is 5.69 Å². The lowest BCUT2D eigenvalue weighted by molar-refractivity contribution is -0.384. The van der Waals surface area contributed by atoms with Crippen LogP contribution in [0.25, 0.3) is 0 Å². The highest BCUT2D eigenvalue weighted by molar-refractivity contribution is 5.75. The van der Waals surface area contributed by atoms with Crippen molar-refractivity contribution in [2.24, 2.45) is 0 Å². The fourth-order valence-electron chi connectivity index (χ4n) is 1.10. The van der Waals surface area contributed by atoms with Gasteiger partial charge in [0.2, 0.25) is 5.91 Å². The van der Waals surface area contributed by atoms with Crippen LogP contribution in [0.4, 0.5) is 11.4 Å². The van der Waals surface area contributed by atoms with Crippen LogP contribution >= 0.6 is 0 Å². The van der Waals surface area contributed by atoms with E-state index in [0.717, 1.165) is 0 Å². The highest BCUT2D eigenvalue weighted by Gasteiger charge is 2.06. The number of benzene rings is 1. The van der Waals surface area contributed by atoms with Gasteiger partial charge >= 0.3 is 0 Å². The Hall–Kier alpha value is -2.11. The molecule has 0 saturated carbocycles. The van der Waals surface area contributed by atoms with Gasteiger partial charge in [-0.1, -0.05) is 0 Å². The number of nitro benzene ring substituents is 1. The Bertz CT molecular complexity index is 375. The van der Waals surface area contributed by atoms with E-state index < -0.39 is 4.92 Å². The number of amides is 1. The second kappa shape index (κ2) is 4.41. The summed E-state index contributed by atoms with van der Waals surface area (Å²) in [7, 11) is 1.66. The summed E-state index contributed by atoms with van der Waals surface area (Å²) in [6.07, 6.45) is 0. The van der Waals surface area contributed by atoms with Crippen LogP contribution < -0.4 is 10.4 Å². The van der Waals surface area contributed by atoms with Gasteiger partial charge in [0.1, 0.15) is 0 Å². The van der Waals surface area contributed by atoms with Crippen LogP contribution in [-0.4, -0.2) is 17.9 Å². The van der Waals surface area contributed by atoms with Crippen LogP contribution in [0.3, 0.4) is 0 Å². The van der Waals surface area contributed by atoms with Crippen molar-refractivity contribution in [3.8, 4) is 0 Å². The average molecular weight is 209 g/mol. The predicted octanol–water partition coefficient (Wildman–Crippen LogP) is 1.08. The van der Waals surface area contributed by atoms with Gasteiger partial charge in [-0.05, 0) is 12.1 Å². The van der Waals surface area contributed by atoms with E-state index in [1.54, 1.807) is 19.2 Å². The van der Waals surface area contributed by atoms with Gasteiger partial charge in [-0.2, -0.15) is 0 Å². The Balaban J connectivity index is 2.79. The van der Waals surface area contributed by atoms with Gasteiger partial charge in [0.15, 0.2) is 0 Å². The largest absolute Gasteiger partial charge is 0.289 e. The summed E-state index contributed by atoms with van der Waals surface area (Å²) in [6, 6.07) is 5.89. The first-order valence-electron chi connectivity index (χ1n) is 4.26. The zero-order chi connectivity index (χ0) is 11.4. The van der Waals surface area contributed by atoms with Crippen molar-refractivity contribution >= 4 is 17.3 Å². The van der Waals surface area contributed by atoms with Crippen LogP contribution in [-0.2, 0) is 4.79 Å². The number of hydrogen-bond acceptors (Lipinski definition) is 4. The Morgan fingerprint density at radius 2 is 1.93 bits per heavy atom. The molecule has 0 aromatic heterocycles. The molecule has 0 unspecified atom stereocenters. The maximum Gasteiger partial charge on any atom is 0.269 e. The quantitative estimate of drug-likeness (QED) is 0.597. The van der Waals surface area contributed by atoms with Crippen LogP contribution in [0.15, 0.2) is 24.3 Å². The molecule has 0 aliphatic rings. The van der Waals surface area contributed by atoms with Crippen molar-refractivity contribution in [2.45, 2.75) is 6.92 Å². The van der Waals surface area contributed by atoms with Crippen molar-refractivity contribution in [1.29, 1.82) is 0 Å². The molecule has 6 nitrogen and oxygen atoms in total. The van der Waals surface area contributed by atoms with E-state index in [9.17, 15) is 14.9 Å². The van der Waals surface area contributed by atoms with E-state index in [2.05, 4.69) is 5.43 Å². The molecule has 0 fully saturated rings. The number of carbonyl (C=O) groups excluding carboxylic acids is 1. The summed E-state index contributed by atoms with van der Waals surface area (Å²) >= 11 is 0. The second-order valence-corrected chi connectivity index (χ2v) is 3.00. The van der Waals surface area contributed by atoms with Gasteiger partial charge in [-0.15, -0.1) is 0 Å². The van der Waals surface area contributed by atoms with Gasteiger partial charge in [-0.3, -0.25) is 25.3 Å². The first-order valence-corrected chi connectivity index (χ1v) is 4.26. The summed E-state index contributed by atoms with van der Waals surface area (Å²) in [5, 5.41) is 11.9. The maximum atomic E-state index is 10.7. The van der Waals surface area contributed by atoms with Gasteiger partial charge in [0, 0.05) is 26.1 Å². The van der Waals surface area contributed by atoms with Crippen molar-refractivity contribution in [1.82, 2.24) is 5.43 Å². The van der Waals surface area contributed by atoms with Gasteiger partial charge in [0.05, 0.1) is 10.6 Å². The van der Waals surface area contributed by atoms with E-state index in [4.69, 9.17) is 0 Å². The molecule has 0 spiro atoms. The number of non-ortho nitro benzene ring substituents is 1. The zero-order valence-corrected chi connectivity index (χ0v) is 8.43. The molecule has 1 aromatic carbocycles. The third-order valence-corrected chi connectivity index (χ3v) is 1.77. The lowest BCUT2D eigenvalue weighted by atomic mass is 10.3. The predicted molar refractivity (Wildman–Crippen MR) is 55.3 cm³/mol. The molecule has 15 heavy (non-hydrogen) atoms. The molecule has 0 aliphatic carbocycles. The summed E-state index contributed by atoms with van der Waals surface area (Å²) in [4.78, 5) is 20.7. The van der Waals surface area contributed by atoms with Crippen LogP contribution in [0, 0.1) is 10.1 Å². The normalized spacial score (nSPS) is 9.47. The van der Waals surface area contributed by atoms with Gasteiger partial charge in [-0.25, -0.2) is 0 Å². The van der Waals surface area contributed by atoms with E-state index in [1.807, 2.05) is 0 Å².